The maximum atomic E-state index is 12.2. The molecule has 2 rings (SSSR count). The Kier molecular flexibility index (Phi) is 6.55. The normalized spacial score (nSPS) is 12.1. The molecule has 0 spiro atoms. The number of carboxylic acids is 1. The fourth-order valence-corrected chi connectivity index (χ4v) is 2.78. The fraction of sp³-hybridized carbons (Fsp3) is 0.381. The van der Waals surface area contributed by atoms with Crippen molar-refractivity contribution in [3.8, 4) is 0 Å². The third-order valence-corrected chi connectivity index (χ3v) is 3.94. The Bertz CT molecular complexity index is 830. The van der Waals surface area contributed by atoms with Crippen LogP contribution in [0.1, 0.15) is 51.2 Å². The smallest absolute Gasteiger partial charge is 0.334 e. The van der Waals surface area contributed by atoms with Crippen molar-refractivity contribution in [3.63, 3.8) is 0 Å². The molecule has 0 aliphatic rings. The summed E-state index contributed by atoms with van der Waals surface area (Å²) in [5.74, 6) is -0.847. The molecule has 2 aromatic rings. The number of esters is 1. The van der Waals surface area contributed by atoms with Crippen molar-refractivity contribution in [2.45, 2.75) is 46.1 Å². The number of aromatic nitrogens is 2. The number of imidazole rings is 1. The topological polar surface area (TPSA) is 81.4 Å². The van der Waals surface area contributed by atoms with Gasteiger partial charge in [0.05, 0.1) is 30.5 Å². The van der Waals surface area contributed by atoms with Gasteiger partial charge >= 0.3 is 11.9 Å². The summed E-state index contributed by atoms with van der Waals surface area (Å²) in [6.45, 7) is 8.64. The van der Waals surface area contributed by atoms with Gasteiger partial charge in [0.25, 0.3) is 0 Å². The van der Waals surface area contributed by atoms with Crippen LogP contribution in [0.25, 0.3) is 6.08 Å². The number of rotatable bonds is 7. The van der Waals surface area contributed by atoms with E-state index in [1.54, 1.807) is 19.2 Å². The summed E-state index contributed by atoms with van der Waals surface area (Å²) in [5.41, 5.74) is 1.65. The molecule has 6 heteroatoms. The second-order valence-electron chi connectivity index (χ2n) is 7.29. The van der Waals surface area contributed by atoms with Gasteiger partial charge in [0.2, 0.25) is 0 Å². The van der Waals surface area contributed by atoms with E-state index in [0.717, 1.165) is 11.4 Å². The number of hydrogen-bond acceptors (Lipinski definition) is 4. The summed E-state index contributed by atoms with van der Waals surface area (Å²) in [4.78, 5) is 27.9. The SMILES string of the molecule is CCOC(=O)/C(=C/c1cnc(C(C)(C)C)n1Cc1ccccc1)CC(=O)O. The molecule has 0 amide bonds. The number of carboxylic acid groups (broad SMARTS) is 1. The van der Waals surface area contributed by atoms with Crippen molar-refractivity contribution in [2.75, 3.05) is 6.61 Å². The third kappa shape index (κ3) is 5.54. The van der Waals surface area contributed by atoms with E-state index < -0.39 is 18.4 Å². The average molecular weight is 370 g/mol. The number of nitrogens with zero attached hydrogens (tertiary/aromatic N) is 2. The predicted molar refractivity (Wildman–Crippen MR) is 103 cm³/mol. The summed E-state index contributed by atoms with van der Waals surface area (Å²) in [5, 5.41) is 9.15. The molecule has 1 heterocycles. The van der Waals surface area contributed by atoms with Crippen molar-refractivity contribution in [1.82, 2.24) is 9.55 Å². The van der Waals surface area contributed by atoms with Gasteiger partial charge in [-0.2, -0.15) is 0 Å². The molecule has 0 aliphatic carbocycles. The van der Waals surface area contributed by atoms with Gasteiger partial charge in [-0.15, -0.1) is 0 Å². The van der Waals surface area contributed by atoms with Crippen LogP contribution >= 0.6 is 0 Å². The van der Waals surface area contributed by atoms with E-state index in [1.165, 1.54) is 0 Å². The van der Waals surface area contributed by atoms with Crippen LogP contribution in [0.15, 0.2) is 42.1 Å². The predicted octanol–water partition coefficient (Wildman–Crippen LogP) is 3.65. The lowest BCUT2D eigenvalue weighted by molar-refractivity contribution is -0.142. The van der Waals surface area contributed by atoms with Gasteiger partial charge in [-0.3, -0.25) is 4.79 Å². The van der Waals surface area contributed by atoms with Gasteiger partial charge in [-0.25, -0.2) is 9.78 Å². The second-order valence-corrected chi connectivity index (χ2v) is 7.29. The Morgan fingerprint density at radius 2 is 1.89 bits per heavy atom. The minimum absolute atomic E-state index is 0.0963. The monoisotopic (exact) mass is 370 g/mol. The quantitative estimate of drug-likeness (QED) is 0.594. The summed E-state index contributed by atoms with van der Waals surface area (Å²) < 4.78 is 7.02. The van der Waals surface area contributed by atoms with E-state index in [0.29, 0.717) is 12.2 Å². The minimum atomic E-state index is -1.08. The zero-order valence-electron chi connectivity index (χ0n) is 16.2. The van der Waals surface area contributed by atoms with Gasteiger partial charge in [-0.05, 0) is 18.6 Å². The molecule has 0 fully saturated rings. The Labute approximate surface area is 159 Å². The number of hydrogen-bond donors (Lipinski definition) is 1. The molecule has 0 bridgehead atoms. The highest BCUT2D eigenvalue weighted by atomic mass is 16.5. The zero-order valence-corrected chi connectivity index (χ0v) is 16.2. The highest BCUT2D eigenvalue weighted by Crippen LogP contribution is 2.25. The van der Waals surface area contributed by atoms with Crippen molar-refractivity contribution in [2.24, 2.45) is 0 Å². The Morgan fingerprint density at radius 3 is 2.44 bits per heavy atom. The molecule has 27 heavy (non-hydrogen) atoms. The zero-order chi connectivity index (χ0) is 20.0. The van der Waals surface area contributed by atoms with E-state index in [9.17, 15) is 9.59 Å². The second kappa shape index (κ2) is 8.66. The van der Waals surface area contributed by atoms with Crippen molar-refractivity contribution >= 4 is 18.0 Å². The third-order valence-electron chi connectivity index (χ3n) is 3.94. The lowest BCUT2D eigenvalue weighted by Gasteiger charge is -2.21. The van der Waals surface area contributed by atoms with Gasteiger partial charge < -0.3 is 14.4 Å². The molecule has 0 atom stereocenters. The largest absolute Gasteiger partial charge is 0.481 e. The first-order valence-electron chi connectivity index (χ1n) is 8.91. The summed E-state index contributed by atoms with van der Waals surface area (Å²) >= 11 is 0. The Hall–Kier alpha value is -2.89. The molecule has 1 aromatic carbocycles. The first-order chi connectivity index (χ1) is 12.7. The maximum absolute atomic E-state index is 12.2. The van der Waals surface area contributed by atoms with Crippen LogP contribution in [0.3, 0.4) is 0 Å². The molecule has 1 N–H and O–H groups in total. The molecule has 0 saturated heterocycles. The van der Waals surface area contributed by atoms with Crippen LogP contribution in [-0.4, -0.2) is 33.2 Å². The molecule has 1 aromatic heterocycles. The van der Waals surface area contributed by atoms with Crippen LogP contribution in [0.2, 0.25) is 0 Å². The lowest BCUT2D eigenvalue weighted by Crippen LogP contribution is -2.20. The first-order valence-corrected chi connectivity index (χ1v) is 8.91. The highest BCUT2D eigenvalue weighted by Gasteiger charge is 2.23. The van der Waals surface area contributed by atoms with Gasteiger partial charge in [0.1, 0.15) is 5.82 Å². The van der Waals surface area contributed by atoms with Crippen molar-refractivity contribution in [3.05, 3.63) is 59.2 Å². The van der Waals surface area contributed by atoms with Gasteiger partial charge in [-0.1, -0.05) is 51.1 Å². The van der Waals surface area contributed by atoms with E-state index in [4.69, 9.17) is 9.84 Å². The van der Waals surface area contributed by atoms with Gasteiger partial charge in [0, 0.05) is 12.0 Å². The summed E-state index contributed by atoms with van der Waals surface area (Å²) in [7, 11) is 0. The van der Waals surface area contributed by atoms with E-state index in [2.05, 4.69) is 25.8 Å². The van der Waals surface area contributed by atoms with Crippen LogP contribution in [-0.2, 0) is 26.3 Å². The number of ether oxygens (including phenoxy) is 1. The Balaban J connectivity index is 2.52. The number of carbonyl (C=O) groups excluding carboxylic acids is 1. The Morgan fingerprint density at radius 1 is 1.22 bits per heavy atom. The number of aliphatic carboxylic acids is 1. The van der Waals surface area contributed by atoms with Crippen molar-refractivity contribution < 1.29 is 19.4 Å². The fourth-order valence-electron chi connectivity index (χ4n) is 2.78. The molecule has 0 radical (unpaired) electrons. The lowest BCUT2D eigenvalue weighted by atomic mass is 9.95. The first kappa shape index (κ1) is 20.4. The number of benzene rings is 1. The van der Waals surface area contributed by atoms with Gasteiger partial charge in [0.15, 0.2) is 0 Å². The summed E-state index contributed by atoms with van der Waals surface area (Å²) in [6.07, 6.45) is 2.84. The van der Waals surface area contributed by atoms with E-state index >= 15 is 0 Å². The number of carbonyl (C=O) groups is 2. The molecular formula is C21H26N2O4. The van der Waals surface area contributed by atoms with Crippen LogP contribution in [0.4, 0.5) is 0 Å². The van der Waals surface area contributed by atoms with Crippen LogP contribution < -0.4 is 0 Å². The van der Waals surface area contributed by atoms with Crippen LogP contribution in [0, 0.1) is 0 Å². The maximum Gasteiger partial charge on any atom is 0.334 e. The molecule has 6 nitrogen and oxygen atoms in total. The molecule has 144 valence electrons. The summed E-state index contributed by atoms with van der Waals surface area (Å²) in [6, 6.07) is 9.92. The van der Waals surface area contributed by atoms with Crippen LogP contribution in [0.5, 0.6) is 0 Å². The molecule has 0 saturated carbocycles. The molecule has 0 unspecified atom stereocenters. The molecule has 0 aliphatic heterocycles. The molecular weight excluding hydrogens is 344 g/mol. The minimum Gasteiger partial charge on any atom is -0.481 e. The van der Waals surface area contributed by atoms with Crippen molar-refractivity contribution in [1.29, 1.82) is 0 Å². The van der Waals surface area contributed by atoms with E-state index in [1.807, 2.05) is 34.9 Å². The average Bonchev–Trinajstić information content (AvgIpc) is 2.98. The van der Waals surface area contributed by atoms with E-state index in [-0.39, 0.29) is 17.6 Å². The highest BCUT2D eigenvalue weighted by molar-refractivity contribution is 5.97. The standard InChI is InChI=1S/C21H26N2O4/c1-5-27-19(26)16(12-18(24)25)11-17-13-22-20(21(2,3)4)23(17)14-15-9-7-6-8-10-15/h6-11,13H,5,12,14H2,1-4H3,(H,24,25)/b16-11+.